The van der Waals surface area contributed by atoms with Crippen LogP contribution in [0.4, 0.5) is 5.69 Å². The third-order valence-electron chi connectivity index (χ3n) is 10.3. The average Bonchev–Trinajstić information content (AvgIpc) is 3.90. The van der Waals surface area contributed by atoms with Gasteiger partial charge in [0.15, 0.2) is 0 Å². The maximum atomic E-state index is 14.8. The quantitative estimate of drug-likeness (QED) is 0.109. The van der Waals surface area contributed by atoms with Crippen LogP contribution in [0.1, 0.15) is 102 Å². The van der Waals surface area contributed by atoms with Gasteiger partial charge in [-0.2, -0.15) is 0 Å². The van der Waals surface area contributed by atoms with Gasteiger partial charge >= 0.3 is 5.69 Å². The minimum Gasteiger partial charge on any atom is -0.468 e. The lowest BCUT2D eigenvalue weighted by Crippen LogP contribution is -2.62. The molecule has 0 spiro atoms. The highest BCUT2D eigenvalue weighted by Crippen LogP contribution is 2.32. The molecule has 302 valence electrons. The fraction of sp³-hybridized carbons (Fsp3) is 0.605. The Bertz CT molecular complexity index is 1780. The summed E-state index contributed by atoms with van der Waals surface area (Å²) < 4.78 is 5.96. The lowest BCUT2D eigenvalue weighted by molar-refractivity contribution is -0.386. The first-order valence-electron chi connectivity index (χ1n) is 19.3. The molecule has 1 aliphatic heterocycles. The van der Waals surface area contributed by atoms with E-state index >= 15 is 0 Å². The molecule has 5 atom stereocenters. The fourth-order valence-corrected chi connectivity index (χ4v) is 7.16. The van der Waals surface area contributed by atoms with Crippen LogP contribution in [0.5, 0.6) is 5.88 Å². The first-order chi connectivity index (χ1) is 26.7. The van der Waals surface area contributed by atoms with Crippen molar-refractivity contribution in [2.75, 3.05) is 6.54 Å². The van der Waals surface area contributed by atoms with E-state index in [-0.39, 0.29) is 42.9 Å². The third kappa shape index (κ3) is 10.6. The molecule has 5 rings (SSSR count). The predicted molar refractivity (Wildman–Crippen MR) is 200 cm³/mol. The monoisotopic (exact) mass is 777 g/mol. The van der Waals surface area contributed by atoms with Crippen molar-refractivity contribution < 1.29 is 38.4 Å². The Hall–Kier alpha value is -5.55. The number of carbonyl (C=O) groups is 6. The number of rotatable bonds is 16. The van der Waals surface area contributed by atoms with E-state index in [0.717, 1.165) is 32.1 Å². The second kappa shape index (κ2) is 18.4. The third-order valence-corrected chi connectivity index (χ3v) is 10.3. The van der Waals surface area contributed by atoms with E-state index in [4.69, 9.17) is 4.74 Å². The van der Waals surface area contributed by atoms with Gasteiger partial charge in [-0.25, -0.2) is 9.97 Å². The Balaban J connectivity index is 1.42. The van der Waals surface area contributed by atoms with Crippen LogP contribution in [0.2, 0.25) is 0 Å². The highest BCUT2D eigenvalue weighted by Gasteiger charge is 2.48. The van der Waals surface area contributed by atoms with Gasteiger partial charge < -0.3 is 30.9 Å². The second-order valence-electron chi connectivity index (χ2n) is 15.8. The number of amides is 5. The van der Waals surface area contributed by atoms with Crippen molar-refractivity contribution in [1.82, 2.24) is 41.1 Å². The molecule has 2 saturated carbocycles. The molecular formula is C38H51N9O9. The fourth-order valence-electron chi connectivity index (χ4n) is 7.16. The molecule has 2 aromatic rings. The van der Waals surface area contributed by atoms with Gasteiger partial charge in [0, 0.05) is 37.1 Å². The number of likely N-dealkylation sites (tertiary alicyclic amines) is 1. The van der Waals surface area contributed by atoms with E-state index in [1.54, 1.807) is 27.7 Å². The molecule has 0 bridgehead atoms. The second-order valence-corrected chi connectivity index (χ2v) is 15.8. The summed E-state index contributed by atoms with van der Waals surface area (Å²) >= 11 is 0. The zero-order valence-corrected chi connectivity index (χ0v) is 32.2. The van der Waals surface area contributed by atoms with Gasteiger partial charge in [-0.15, -0.1) is 0 Å². The molecule has 4 N–H and O–H groups in total. The van der Waals surface area contributed by atoms with Crippen molar-refractivity contribution in [3.63, 3.8) is 0 Å². The summed E-state index contributed by atoms with van der Waals surface area (Å²) in [6.07, 6.45) is 10.5. The van der Waals surface area contributed by atoms with Gasteiger partial charge in [-0.05, 0) is 49.5 Å². The van der Waals surface area contributed by atoms with Gasteiger partial charge in [0.1, 0.15) is 29.9 Å². The molecule has 56 heavy (non-hydrogen) atoms. The van der Waals surface area contributed by atoms with Crippen LogP contribution in [0.15, 0.2) is 36.9 Å². The number of hydrogen-bond acceptors (Lipinski definition) is 12. The van der Waals surface area contributed by atoms with Crippen LogP contribution in [-0.2, 0) is 24.0 Å². The van der Waals surface area contributed by atoms with Crippen molar-refractivity contribution >= 4 is 41.0 Å². The smallest absolute Gasteiger partial charge is 0.330 e. The number of Topliss-reactive ketones (excluding diaryl/α,β-unsaturated/α-hetero) is 1. The first-order valence-corrected chi connectivity index (χ1v) is 19.3. The Kier molecular flexibility index (Phi) is 13.7. The van der Waals surface area contributed by atoms with Gasteiger partial charge in [-0.1, -0.05) is 53.4 Å². The van der Waals surface area contributed by atoms with E-state index in [1.807, 2.05) is 0 Å². The van der Waals surface area contributed by atoms with E-state index in [9.17, 15) is 38.9 Å². The normalized spacial score (nSPS) is 20.2. The molecule has 18 nitrogen and oxygen atoms in total. The minimum atomic E-state index is -1.26. The number of ether oxygens (including phenoxy) is 1. The Labute approximate surface area is 324 Å². The Morgan fingerprint density at radius 1 is 0.982 bits per heavy atom. The van der Waals surface area contributed by atoms with Crippen molar-refractivity contribution in [2.45, 2.75) is 128 Å². The molecule has 2 aromatic heterocycles. The number of ketones is 1. The van der Waals surface area contributed by atoms with Crippen LogP contribution in [-0.4, -0.2) is 103 Å². The predicted octanol–water partition coefficient (Wildman–Crippen LogP) is 2.17. The lowest BCUT2D eigenvalue weighted by Gasteiger charge is -2.37. The van der Waals surface area contributed by atoms with Gasteiger partial charge in [0.2, 0.25) is 23.5 Å². The van der Waals surface area contributed by atoms with E-state index in [2.05, 4.69) is 36.2 Å². The summed E-state index contributed by atoms with van der Waals surface area (Å²) in [4.78, 5) is 107. The number of carbonyl (C=O) groups excluding carboxylic acids is 6. The van der Waals surface area contributed by atoms with Gasteiger partial charge in [-0.3, -0.25) is 43.9 Å². The van der Waals surface area contributed by atoms with Crippen molar-refractivity contribution in [3.05, 3.63) is 52.7 Å². The highest BCUT2D eigenvalue weighted by atomic mass is 16.6. The summed E-state index contributed by atoms with van der Waals surface area (Å²) in [5, 5.41) is 22.8. The van der Waals surface area contributed by atoms with E-state index < -0.39 is 81.6 Å². The summed E-state index contributed by atoms with van der Waals surface area (Å²) in [5.74, 6) is -4.70. The molecule has 3 heterocycles. The zero-order chi connectivity index (χ0) is 40.6. The topological polar surface area (TPSA) is 245 Å². The number of nitrogens with zero attached hydrogens (tertiary/aromatic N) is 5. The number of nitro groups is 1. The standard InChI is InChI=1S/C38H51N9O9/c1-5-10-25(30(48)35(52)42-23-14-15-23)43-33(50)28-19-24(56-36-27(47(54)55)13-9-16-41-36)21-46(28)37(53)31(38(2,3)4)45-34(51)29(22-11-7-6-8-12-22)44-32(49)26-20-39-17-18-40-26/h9,13,16-18,20,22-25,28-29,31H,5-8,10-12,14-15,19,21H2,1-4H3,(H,42,52)(H,43,50)(H,44,49)(H,45,51)/t24-,25?,28+,29?,31?/m0/s1. The van der Waals surface area contributed by atoms with Crippen LogP contribution >= 0.6 is 0 Å². The van der Waals surface area contributed by atoms with Crippen LogP contribution < -0.4 is 26.0 Å². The Morgan fingerprint density at radius 3 is 2.34 bits per heavy atom. The van der Waals surface area contributed by atoms with Crippen LogP contribution in [0.3, 0.4) is 0 Å². The molecule has 1 saturated heterocycles. The molecule has 18 heteroatoms. The van der Waals surface area contributed by atoms with Gasteiger partial charge in [0.05, 0.1) is 23.7 Å². The summed E-state index contributed by atoms with van der Waals surface area (Å²) in [5.41, 5.74) is -1.31. The number of aromatic nitrogens is 3. The molecular weight excluding hydrogens is 726 g/mol. The lowest BCUT2D eigenvalue weighted by atomic mass is 9.82. The molecule has 0 aromatic carbocycles. The van der Waals surface area contributed by atoms with Crippen molar-refractivity contribution in [2.24, 2.45) is 11.3 Å². The molecule has 0 radical (unpaired) electrons. The Morgan fingerprint density at radius 2 is 1.71 bits per heavy atom. The average molecular weight is 778 g/mol. The first kappa shape index (κ1) is 41.6. The van der Waals surface area contributed by atoms with Crippen molar-refractivity contribution in [3.8, 4) is 5.88 Å². The maximum Gasteiger partial charge on any atom is 0.330 e. The number of hydrogen-bond donors (Lipinski definition) is 4. The molecule has 5 amide bonds. The minimum absolute atomic E-state index is 0.0274. The molecule has 2 aliphatic carbocycles. The molecule has 3 aliphatic rings. The van der Waals surface area contributed by atoms with E-state index in [0.29, 0.717) is 19.3 Å². The number of nitrogens with one attached hydrogen (secondary N) is 4. The van der Waals surface area contributed by atoms with Crippen LogP contribution in [0.25, 0.3) is 0 Å². The SMILES string of the molecule is CCCC(NC(=O)[C@H]1C[C@H](Oc2ncccc2[N+](=O)[O-])CN1C(=O)C(NC(=O)C(NC(=O)c1cnccn1)C1CCCCC1)C(C)(C)C)C(=O)C(=O)NC1CC1. The molecule has 3 fully saturated rings. The van der Waals surface area contributed by atoms with Gasteiger partial charge in [0.25, 0.3) is 17.7 Å². The van der Waals surface area contributed by atoms with Crippen molar-refractivity contribution in [1.29, 1.82) is 0 Å². The highest BCUT2D eigenvalue weighted by molar-refractivity contribution is 6.38. The summed E-state index contributed by atoms with van der Waals surface area (Å²) in [6, 6.07) is -2.16. The molecule has 3 unspecified atom stereocenters. The van der Waals surface area contributed by atoms with E-state index in [1.165, 1.54) is 41.8 Å². The van der Waals surface area contributed by atoms with Crippen LogP contribution in [0, 0.1) is 21.4 Å². The largest absolute Gasteiger partial charge is 0.468 e. The number of pyridine rings is 1. The summed E-state index contributed by atoms with van der Waals surface area (Å²) in [7, 11) is 0. The maximum absolute atomic E-state index is 14.8. The zero-order valence-electron chi connectivity index (χ0n) is 32.2. The summed E-state index contributed by atoms with van der Waals surface area (Å²) in [6.45, 7) is 6.81.